The highest BCUT2D eigenvalue weighted by molar-refractivity contribution is 5.69. The number of aliphatic carboxylic acids is 1. The Bertz CT molecular complexity index is 777. The molecule has 3 nitrogen and oxygen atoms in total. The lowest BCUT2D eigenvalue weighted by molar-refractivity contribution is -0.314. The van der Waals surface area contributed by atoms with E-state index >= 15 is 0 Å². The first kappa shape index (κ1) is 20.8. The molecular weight excluding hydrogens is 371 g/mol. The van der Waals surface area contributed by atoms with Gasteiger partial charge in [-0.25, -0.2) is 13.2 Å². The number of carboxylic acid groups (broad SMARTS) is 1. The van der Waals surface area contributed by atoms with E-state index in [4.69, 9.17) is 0 Å². The van der Waals surface area contributed by atoms with Crippen LogP contribution in [0.4, 0.5) is 22.0 Å². The third kappa shape index (κ3) is 5.50. The summed E-state index contributed by atoms with van der Waals surface area (Å²) >= 11 is 0. The number of alkyl halides is 4. The van der Waals surface area contributed by atoms with Crippen LogP contribution in [0, 0.1) is 11.7 Å². The van der Waals surface area contributed by atoms with Gasteiger partial charge in [-0.3, -0.25) is 0 Å². The minimum absolute atomic E-state index is 0.0915. The molecule has 1 N–H and O–H groups in total. The second kappa shape index (κ2) is 8.47. The lowest BCUT2D eigenvalue weighted by Crippen LogP contribution is -2.36. The average Bonchev–Trinajstić information content (AvgIpc) is 2.59. The topological polar surface area (TPSA) is 60.4 Å². The molecule has 0 aliphatic rings. The van der Waals surface area contributed by atoms with Crippen LogP contribution in [0.5, 0.6) is 0 Å². The minimum atomic E-state index is -4.21. The molecule has 27 heavy (non-hydrogen) atoms. The third-order valence-corrected chi connectivity index (χ3v) is 4.10. The fraction of sp³-hybridized carbons (Fsp3) is 0.316. The van der Waals surface area contributed by atoms with Crippen LogP contribution in [-0.4, -0.2) is 23.4 Å². The smallest absolute Gasteiger partial charge is 0.311 e. The molecule has 0 aromatic heterocycles. The summed E-state index contributed by atoms with van der Waals surface area (Å²) in [5, 5.41) is 21.7. The molecule has 0 spiro atoms. The standard InChI is InChI=1S/C19H17F5O3/c20-14-6-4-13(5-7-14)16(25)15(17(26)27)9-11-2-1-3-12(8-11)10-19(23,24)18(21)22/h1-8,15-16,18,25H,9-10H2,(H,26,27)/p-1. The van der Waals surface area contributed by atoms with Gasteiger partial charge in [-0.15, -0.1) is 0 Å². The van der Waals surface area contributed by atoms with Gasteiger partial charge in [-0.1, -0.05) is 36.4 Å². The van der Waals surface area contributed by atoms with E-state index in [0.717, 1.165) is 12.1 Å². The number of hydrogen-bond acceptors (Lipinski definition) is 3. The van der Waals surface area contributed by atoms with E-state index in [1.165, 1.54) is 36.4 Å². The normalized spacial score (nSPS) is 14.2. The van der Waals surface area contributed by atoms with E-state index in [-0.39, 0.29) is 23.1 Å². The number of aliphatic hydroxyl groups excluding tert-OH is 1. The van der Waals surface area contributed by atoms with Crippen molar-refractivity contribution < 1.29 is 37.0 Å². The van der Waals surface area contributed by atoms with Crippen LogP contribution in [0.25, 0.3) is 0 Å². The zero-order valence-electron chi connectivity index (χ0n) is 13.9. The molecule has 146 valence electrons. The molecule has 0 radical (unpaired) electrons. The highest BCUT2D eigenvalue weighted by atomic mass is 19.3. The van der Waals surface area contributed by atoms with E-state index in [0.29, 0.717) is 0 Å². The monoisotopic (exact) mass is 387 g/mol. The van der Waals surface area contributed by atoms with Gasteiger partial charge < -0.3 is 15.0 Å². The van der Waals surface area contributed by atoms with Gasteiger partial charge in [-0.05, 0) is 35.2 Å². The van der Waals surface area contributed by atoms with Crippen molar-refractivity contribution in [3.63, 3.8) is 0 Å². The minimum Gasteiger partial charge on any atom is -0.550 e. The maximum Gasteiger partial charge on any atom is 0.311 e. The number of carbonyl (C=O) groups is 1. The Balaban J connectivity index is 2.20. The summed E-state index contributed by atoms with van der Waals surface area (Å²) in [5.41, 5.74) is 0.310. The van der Waals surface area contributed by atoms with Crippen molar-refractivity contribution in [1.82, 2.24) is 0 Å². The molecule has 0 fully saturated rings. The van der Waals surface area contributed by atoms with Gasteiger partial charge in [0.15, 0.2) is 0 Å². The molecule has 0 aliphatic carbocycles. The summed E-state index contributed by atoms with van der Waals surface area (Å²) in [4.78, 5) is 11.4. The van der Waals surface area contributed by atoms with Gasteiger partial charge in [0.25, 0.3) is 0 Å². The Morgan fingerprint density at radius 1 is 1.07 bits per heavy atom. The third-order valence-electron chi connectivity index (χ3n) is 4.10. The molecule has 2 unspecified atom stereocenters. The van der Waals surface area contributed by atoms with Gasteiger partial charge >= 0.3 is 12.3 Å². The second-order valence-electron chi connectivity index (χ2n) is 6.18. The summed E-state index contributed by atoms with van der Waals surface area (Å²) in [7, 11) is 0. The molecule has 2 aromatic carbocycles. The van der Waals surface area contributed by atoms with E-state index in [9.17, 15) is 37.0 Å². The Kier molecular flexibility index (Phi) is 6.54. The molecule has 0 saturated heterocycles. The number of aliphatic hydroxyl groups is 1. The van der Waals surface area contributed by atoms with Crippen molar-refractivity contribution in [2.24, 2.45) is 5.92 Å². The molecule has 0 heterocycles. The van der Waals surface area contributed by atoms with Crippen LogP contribution in [0.3, 0.4) is 0 Å². The number of hydrogen-bond donors (Lipinski definition) is 1. The lowest BCUT2D eigenvalue weighted by atomic mass is 9.89. The molecule has 2 aromatic rings. The second-order valence-corrected chi connectivity index (χ2v) is 6.18. The largest absolute Gasteiger partial charge is 0.550 e. The molecule has 2 rings (SSSR count). The van der Waals surface area contributed by atoms with Crippen molar-refractivity contribution >= 4 is 5.97 Å². The molecule has 0 bridgehead atoms. The van der Waals surface area contributed by atoms with Crippen LogP contribution in [-0.2, 0) is 17.6 Å². The average molecular weight is 387 g/mol. The highest BCUT2D eigenvalue weighted by Gasteiger charge is 2.40. The number of rotatable bonds is 8. The highest BCUT2D eigenvalue weighted by Crippen LogP contribution is 2.29. The summed E-state index contributed by atoms with van der Waals surface area (Å²) in [6.45, 7) is 0. The van der Waals surface area contributed by atoms with E-state index in [1.54, 1.807) is 0 Å². The van der Waals surface area contributed by atoms with Crippen molar-refractivity contribution in [3.05, 3.63) is 71.0 Å². The van der Waals surface area contributed by atoms with Gasteiger partial charge in [0.2, 0.25) is 0 Å². The molecule has 8 heteroatoms. The Morgan fingerprint density at radius 2 is 1.67 bits per heavy atom. The van der Waals surface area contributed by atoms with E-state index in [2.05, 4.69) is 0 Å². The van der Waals surface area contributed by atoms with Crippen molar-refractivity contribution in [3.8, 4) is 0 Å². The number of carboxylic acids is 1. The number of carbonyl (C=O) groups excluding carboxylic acids is 1. The van der Waals surface area contributed by atoms with Crippen LogP contribution in [0.2, 0.25) is 0 Å². The molecular formula is C19H16F5O3-. The number of halogens is 5. The first-order chi connectivity index (χ1) is 12.6. The van der Waals surface area contributed by atoms with Crippen molar-refractivity contribution in [2.45, 2.75) is 31.3 Å². The molecule has 2 atom stereocenters. The quantitative estimate of drug-likeness (QED) is 0.709. The van der Waals surface area contributed by atoms with Crippen molar-refractivity contribution in [2.75, 3.05) is 0 Å². The Hall–Kier alpha value is -2.48. The SMILES string of the molecule is O=C([O-])C(Cc1cccc(CC(F)(F)C(F)F)c1)C(O)c1ccc(F)cc1. The maximum atomic E-state index is 13.2. The zero-order valence-corrected chi connectivity index (χ0v) is 13.9. The summed E-state index contributed by atoms with van der Waals surface area (Å²) in [5.74, 6) is -7.81. The fourth-order valence-corrected chi connectivity index (χ4v) is 2.69. The fourth-order valence-electron chi connectivity index (χ4n) is 2.69. The van der Waals surface area contributed by atoms with Gasteiger partial charge in [0.1, 0.15) is 5.82 Å². The Morgan fingerprint density at radius 3 is 2.22 bits per heavy atom. The van der Waals surface area contributed by atoms with Crippen LogP contribution in [0.1, 0.15) is 22.8 Å². The van der Waals surface area contributed by atoms with Crippen LogP contribution >= 0.6 is 0 Å². The van der Waals surface area contributed by atoms with E-state index in [1.807, 2.05) is 0 Å². The lowest BCUT2D eigenvalue weighted by Gasteiger charge is -2.25. The van der Waals surface area contributed by atoms with Gasteiger partial charge in [-0.2, -0.15) is 8.78 Å². The summed E-state index contributed by atoms with van der Waals surface area (Å²) in [6, 6.07) is 9.72. The zero-order chi connectivity index (χ0) is 20.2. The first-order valence-electron chi connectivity index (χ1n) is 7.98. The Labute approximate surface area is 152 Å². The van der Waals surface area contributed by atoms with Crippen molar-refractivity contribution in [1.29, 1.82) is 0 Å². The molecule has 0 saturated carbocycles. The van der Waals surface area contributed by atoms with Gasteiger partial charge in [0, 0.05) is 18.3 Å². The molecule has 0 amide bonds. The summed E-state index contributed by atoms with van der Waals surface area (Å²) in [6.07, 6.45) is -6.83. The molecule has 0 aliphatic heterocycles. The predicted molar refractivity (Wildman–Crippen MR) is 84.7 cm³/mol. The van der Waals surface area contributed by atoms with Crippen LogP contribution in [0.15, 0.2) is 48.5 Å². The maximum absolute atomic E-state index is 13.2. The van der Waals surface area contributed by atoms with Gasteiger partial charge in [0.05, 0.1) is 6.10 Å². The first-order valence-corrected chi connectivity index (χ1v) is 7.98. The number of benzene rings is 2. The van der Waals surface area contributed by atoms with E-state index < -0.39 is 42.6 Å². The summed E-state index contributed by atoms with van der Waals surface area (Å²) < 4.78 is 64.1. The predicted octanol–water partition coefficient (Wildman–Crippen LogP) is 2.91. The van der Waals surface area contributed by atoms with Crippen LogP contribution < -0.4 is 5.11 Å².